The van der Waals surface area contributed by atoms with Crippen LogP contribution < -0.4 is 5.73 Å². The van der Waals surface area contributed by atoms with Crippen molar-refractivity contribution in [2.45, 2.75) is 6.54 Å². The van der Waals surface area contributed by atoms with E-state index in [0.717, 1.165) is 16.6 Å². The summed E-state index contributed by atoms with van der Waals surface area (Å²) >= 11 is 7.67. The molecule has 0 amide bonds. The molecule has 3 heterocycles. The van der Waals surface area contributed by atoms with E-state index in [0.29, 0.717) is 11.6 Å². The molecule has 3 rings (SSSR count). The zero-order valence-electron chi connectivity index (χ0n) is 8.90. The summed E-state index contributed by atoms with van der Waals surface area (Å²) in [5.41, 5.74) is 7.60. The number of pyridine rings is 1. The summed E-state index contributed by atoms with van der Waals surface area (Å²) in [6, 6.07) is 6.06. The molecule has 0 radical (unpaired) electrons. The number of nitrogens with two attached hydrogens (primary N) is 1. The second kappa shape index (κ2) is 4.14. The van der Waals surface area contributed by atoms with E-state index in [9.17, 15) is 0 Å². The summed E-state index contributed by atoms with van der Waals surface area (Å²) in [5, 5.41) is 1.69. The number of aromatic amines is 1. The van der Waals surface area contributed by atoms with E-state index in [2.05, 4.69) is 22.1 Å². The molecule has 0 aliphatic heterocycles. The number of aromatic nitrogens is 2. The van der Waals surface area contributed by atoms with Gasteiger partial charge in [0, 0.05) is 39.6 Å². The highest BCUT2D eigenvalue weighted by molar-refractivity contribution is 7.15. The van der Waals surface area contributed by atoms with Crippen LogP contribution >= 0.6 is 22.9 Å². The second-order valence-electron chi connectivity index (χ2n) is 3.72. The highest BCUT2D eigenvalue weighted by Crippen LogP contribution is 2.33. The maximum atomic E-state index is 5.97. The van der Waals surface area contributed by atoms with Crippen LogP contribution in [0.25, 0.3) is 21.5 Å². The number of nitrogens with zero attached hydrogens (tertiary/aromatic N) is 1. The van der Waals surface area contributed by atoms with Crippen LogP contribution in [-0.4, -0.2) is 9.97 Å². The third-order valence-electron chi connectivity index (χ3n) is 2.63. The monoisotopic (exact) mass is 263 g/mol. The quantitative estimate of drug-likeness (QED) is 0.744. The van der Waals surface area contributed by atoms with Crippen LogP contribution in [0.15, 0.2) is 30.6 Å². The van der Waals surface area contributed by atoms with Gasteiger partial charge in [-0.1, -0.05) is 11.6 Å². The molecule has 0 aliphatic carbocycles. The van der Waals surface area contributed by atoms with Crippen molar-refractivity contribution < 1.29 is 0 Å². The lowest BCUT2D eigenvalue weighted by Crippen LogP contribution is -1.90. The maximum Gasteiger partial charge on any atom is 0.137 e. The molecular weight excluding hydrogens is 254 g/mol. The Balaban J connectivity index is 2.19. The number of rotatable bonds is 2. The van der Waals surface area contributed by atoms with Gasteiger partial charge in [0.25, 0.3) is 0 Å². The predicted molar refractivity (Wildman–Crippen MR) is 72.3 cm³/mol. The van der Waals surface area contributed by atoms with Gasteiger partial charge in [0.05, 0.1) is 5.02 Å². The van der Waals surface area contributed by atoms with Crippen molar-refractivity contribution in [1.29, 1.82) is 0 Å². The Morgan fingerprint density at radius 3 is 3.06 bits per heavy atom. The van der Waals surface area contributed by atoms with Gasteiger partial charge in [-0.05, 0) is 18.2 Å². The van der Waals surface area contributed by atoms with Gasteiger partial charge in [-0.2, -0.15) is 0 Å². The Hall–Kier alpha value is -1.36. The Bertz CT molecular complexity index is 671. The van der Waals surface area contributed by atoms with Gasteiger partial charge in [-0.15, -0.1) is 11.3 Å². The molecule has 86 valence electrons. The van der Waals surface area contributed by atoms with E-state index < -0.39 is 0 Å². The van der Waals surface area contributed by atoms with Crippen LogP contribution in [0.3, 0.4) is 0 Å². The lowest BCUT2D eigenvalue weighted by Gasteiger charge is -1.95. The Morgan fingerprint density at radius 1 is 1.41 bits per heavy atom. The topological polar surface area (TPSA) is 54.7 Å². The molecule has 17 heavy (non-hydrogen) atoms. The molecule has 0 saturated carbocycles. The predicted octanol–water partition coefficient (Wildman–Crippen LogP) is 3.40. The molecule has 0 aliphatic rings. The zero-order valence-corrected chi connectivity index (χ0v) is 10.5. The van der Waals surface area contributed by atoms with E-state index in [1.54, 1.807) is 17.5 Å². The summed E-state index contributed by atoms with van der Waals surface area (Å²) < 4.78 is 0. The molecule has 3 aromatic heterocycles. The first-order chi connectivity index (χ1) is 8.28. The van der Waals surface area contributed by atoms with Gasteiger partial charge in [0.2, 0.25) is 0 Å². The second-order valence-corrected chi connectivity index (χ2v) is 5.33. The Labute approximate surface area is 107 Å². The average molecular weight is 264 g/mol. The summed E-state index contributed by atoms with van der Waals surface area (Å²) in [4.78, 5) is 9.75. The van der Waals surface area contributed by atoms with Crippen molar-refractivity contribution in [3.63, 3.8) is 0 Å². The Kier molecular flexibility index (Phi) is 2.63. The van der Waals surface area contributed by atoms with Crippen LogP contribution in [0.4, 0.5) is 0 Å². The summed E-state index contributed by atoms with van der Waals surface area (Å²) in [6.07, 6.45) is 3.60. The van der Waals surface area contributed by atoms with Crippen LogP contribution in [-0.2, 0) is 6.54 Å². The van der Waals surface area contributed by atoms with Crippen molar-refractivity contribution in [2.75, 3.05) is 0 Å². The van der Waals surface area contributed by atoms with Crippen molar-refractivity contribution in [3.8, 4) is 10.4 Å². The van der Waals surface area contributed by atoms with Crippen LogP contribution in [0, 0.1) is 0 Å². The number of nitrogens with one attached hydrogen (secondary N) is 1. The standard InChI is InChI=1S/C12H10ClN3S/c13-7-3-9-10(6-16-12(9)15-5-7)11-2-1-8(4-14)17-11/h1-3,5-6H,4,14H2,(H,15,16). The average Bonchev–Trinajstić information content (AvgIpc) is 2.93. The van der Waals surface area contributed by atoms with Gasteiger partial charge in [0.15, 0.2) is 0 Å². The van der Waals surface area contributed by atoms with Gasteiger partial charge in [-0.25, -0.2) is 4.98 Å². The molecule has 3 nitrogen and oxygen atoms in total. The van der Waals surface area contributed by atoms with Gasteiger partial charge < -0.3 is 10.7 Å². The van der Waals surface area contributed by atoms with Crippen LogP contribution in [0.2, 0.25) is 5.02 Å². The minimum absolute atomic E-state index is 0.575. The molecule has 0 aromatic carbocycles. The van der Waals surface area contributed by atoms with Gasteiger partial charge >= 0.3 is 0 Å². The SMILES string of the molecule is NCc1ccc(-c2c[nH]c3ncc(Cl)cc23)s1. The number of H-pyrrole nitrogens is 1. The number of hydrogen-bond donors (Lipinski definition) is 2. The van der Waals surface area contributed by atoms with Crippen molar-refractivity contribution in [1.82, 2.24) is 9.97 Å². The van der Waals surface area contributed by atoms with E-state index >= 15 is 0 Å². The molecule has 0 saturated heterocycles. The first-order valence-corrected chi connectivity index (χ1v) is 6.39. The molecule has 0 fully saturated rings. The van der Waals surface area contributed by atoms with Gasteiger partial charge in [0.1, 0.15) is 5.65 Å². The fourth-order valence-electron chi connectivity index (χ4n) is 1.81. The van der Waals surface area contributed by atoms with E-state index in [1.165, 1.54) is 9.75 Å². The van der Waals surface area contributed by atoms with Crippen LogP contribution in [0.1, 0.15) is 4.88 Å². The molecular formula is C12H10ClN3S. The Morgan fingerprint density at radius 2 is 2.29 bits per heavy atom. The molecule has 0 atom stereocenters. The summed E-state index contributed by atoms with van der Waals surface area (Å²) in [6.45, 7) is 0.575. The minimum Gasteiger partial charge on any atom is -0.345 e. The van der Waals surface area contributed by atoms with Gasteiger partial charge in [-0.3, -0.25) is 0 Å². The molecule has 5 heteroatoms. The lowest BCUT2D eigenvalue weighted by atomic mass is 10.2. The number of thiophene rings is 1. The lowest BCUT2D eigenvalue weighted by molar-refractivity contribution is 1.11. The molecule has 3 N–H and O–H groups in total. The normalized spacial score (nSPS) is 11.2. The first-order valence-electron chi connectivity index (χ1n) is 5.19. The number of fused-ring (bicyclic) bond motifs is 1. The van der Waals surface area contributed by atoms with Crippen molar-refractivity contribution in [2.24, 2.45) is 5.73 Å². The minimum atomic E-state index is 0.575. The maximum absolute atomic E-state index is 5.97. The molecule has 3 aromatic rings. The molecule has 0 unspecified atom stereocenters. The molecule has 0 spiro atoms. The largest absolute Gasteiger partial charge is 0.345 e. The van der Waals surface area contributed by atoms with E-state index in [4.69, 9.17) is 17.3 Å². The highest BCUT2D eigenvalue weighted by Gasteiger charge is 2.09. The number of halogens is 1. The number of hydrogen-bond acceptors (Lipinski definition) is 3. The zero-order chi connectivity index (χ0) is 11.8. The van der Waals surface area contributed by atoms with Crippen molar-refractivity contribution >= 4 is 34.0 Å². The highest BCUT2D eigenvalue weighted by atomic mass is 35.5. The smallest absolute Gasteiger partial charge is 0.137 e. The van der Waals surface area contributed by atoms with E-state index in [1.807, 2.05) is 12.3 Å². The van der Waals surface area contributed by atoms with Crippen molar-refractivity contribution in [3.05, 3.63) is 40.5 Å². The third kappa shape index (κ3) is 1.84. The molecule has 0 bridgehead atoms. The fraction of sp³-hybridized carbons (Fsp3) is 0.0833. The van der Waals surface area contributed by atoms with Crippen LogP contribution in [0.5, 0.6) is 0 Å². The van der Waals surface area contributed by atoms with E-state index in [-0.39, 0.29) is 0 Å². The third-order valence-corrected chi connectivity index (χ3v) is 3.97. The fourth-order valence-corrected chi connectivity index (χ4v) is 2.89. The first kappa shape index (κ1) is 10.8. The summed E-state index contributed by atoms with van der Waals surface area (Å²) in [7, 11) is 0. The summed E-state index contributed by atoms with van der Waals surface area (Å²) in [5.74, 6) is 0.